The average Bonchev–Trinajstić information content (AvgIpc) is 1.67. The van der Waals surface area contributed by atoms with E-state index in [4.69, 9.17) is 29.0 Å². The van der Waals surface area contributed by atoms with Gasteiger partial charge in [-0.15, -0.1) is 0 Å². The first-order valence-electron chi connectivity index (χ1n) is 1.88. The predicted octanol–water partition coefficient (Wildman–Crippen LogP) is -0.718. The first-order chi connectivity index (χ1) is 3.50. The van der Waals surface area contributed by atoms with E-state index in [0.29, 0.717) is 0 Å². The Morgan fingerprint density at radius 1 is 1.62 bits per heavy atom. The Morgan fingerprint density at radius 2 is 2.00 bits per heavy atom. The number of nitrogens with zero attached hydrogens (tertiary/aromatic N) is 1. The fourth-order valence-electron chi connectivity index (χ4n) is 0.105. The van der Waals surface area contributed by atoms with Gasteiger partial charge in [-0.3, -0.25) is 11.7 Å². The molecule has 50 valence electrons. The van der Waals surface area contributed by atoms with Crippen LogP contribution in [0.25, 0.3) is 0 Å². The minimum atomic E-state index is -1.01. The van der Waals surface area contributed by atoms with Crippen molar-refractivity contribution in [1.29, 1.82) is 0 Å². The lowest BCUT2D eigenvalue weighted by Gasteiger charge is -2.23. The smallest absolute Gasteiger partial charge is 0.189 e. The van der Waals surface area contributed by atoms with Gasteiger partial charge in [-0.2, -0.15) is 5.12 Å². The van der Waals surface area contributed by atoms with E-state index < -0.39 is 3.91 Å². The summed E-state index contributed by atoms with van der Waals surface area (Å²) in [7, 11) is 0. The first kappa shape index (κ1) is 8.61. The lowest BCUT2D eigenvalue weighted by Crippen LogP contribution is -2.53. The molecule has 1 unspecified atom stereocenters. The zero-order chi connectivity index (χ0) is 6.78. The Kier molecular flexibility index (Phi) is 3.18. The van der Waals surface area contributed by atoms with E-state index in [2.05, 4.69) is 15.9 Å². The number of rotatable bonds is 2. The van der Waals surface area contributed by atoms with Gasteiger partial charge in [0.15, 0.2) is 3.91 Å². The largest absolute Gasteiger partial charge is 0.327 e. The zero-order valence-corrected chi connectivity index (χ0v) is 6.48. The molecular formula is C2H8BrClN4. The summed E-state index contributed by atoms with van der Waals surface area (Å²) in [6.45, 7) is 0.140. The highest BCUT2D eigenvalue weighted by Crippen LogP contribution is 2.20. The quantitative estimate of drug-likeness (QED) is 0.239. The van der Waals surface area contributed by atoms with Crippen molar-refractivity contribution in [3.05, 3.63) is 0 Å². The first-order valence-corrected chi connectivity index (χ1v) is 3.05. The second kappa shape index (κ2) is 2.95. The van der Waals surface area contributed by atoms with E-state index in [0.717, 1.165) is 5.12 Å². The summed E-state index contributed by atoms with van der Waals surface area (Å²) in [6.07, 6.45) is 0. The molecule has 0 radical (unpaired) electrons. The van der Waals surface area contributed by atoms with Crippen molar-refractivity contribution in [3.63, 3.8) is 0 Å². The third-order valence-electron chi connectivity index (χ3n) is 0.623. The average molecular weight is 203 g/mol. The number of hydrazine groups is 2. The van der Waals surface area contributed by atoms with Crippen molar-refractivity contribution in [3.8, 4) is 0 Å². The van der Waals surface area contributed by atoms with Crippen molar-refractivity contribution in [2.75, 3.05) is 6.54 Å². The molecule has 0 fully saturated rings. The van der Waals surface area contributed by atoms with Crippen molar-refractivity contribution in [2.45, 2.75) is 3.91 Å². The molecule has 6 heteroatoms. The van der Waals surface area contributed by atoms with Gasteiger partial charge < -0.3 is 5.73 Å². The number of nitrogens with two attached hydrogens (primary N) is 3. The van der Waals surface area contributed by atoms with Gasteiger partial charge in [0.1, 0.15) is 0 Å². The molecule has 0 aromatic rings. The van der Waals surface area contributed by atoms with Crippen LogP contribution in [0.4, 0.5) is 0 Å². The van der Waals surface area contributed by atoms with E-state index in [1.54, 1.807) is 0 Å². The SMILES string of the molecule is NCC(Cl)(Br)N(N)N. The minimum Gasteiger partial charge on any atom is -0.327 e. The van der Waals surface area contributed by atoms with Crippen LogP contribution in [0, 0.1) is 0 Å². The summed E-state index contributed by atoms with van der Waals surface area (Å²) >= 11 is 8.48. The molecule has 0 bridgehead atoms. The van der Waals surface area contributed by atoms with E-state index in [9.17, 15) is 0 Å². The highest BCUT2D eigenvalue weighted by atomic mass is 79.9. The normalized spacial score (nSPS) is 18.8. The molecule has 0 heterocycles. The van der Waals surface area contributed by atoms with Crippen LogP contribution in [0.5, 0.6) is 0 Å². The van der Waals surface area contributed by atoms with Gasteiger partial charge in [0, 0.05) is 6.54 Å². The van der Waals surface area contributed by atoms with E-state index in [-0.39, 0.29) is 6.54 Å². The van der Waals surface area contributed by atoms with Crippen LogP contribution in [0.1, 0.15) is 0 Å². The summed E-state index contributed by atoms with van der Waals surface area (Å²) < 4.78 is -1.01. The molecule has 6 N–H and O–H groups in total. The zero-order valence-electron chi connectivity index (χ0n) is 4.14. The molecule has 0 saturated heterocycles. The van der Waals surface area contributed by atoms with E-state index in [1.807, 2.05) is 0 Å². The van der Waals surface area contributed by atoms with Gasteiger partial charge in [0.05, 0.1) is 0 Å². The van der Waals surface area contributed by atoms with Crippen LogP contribution >= 0.6 is 27.5 Å². The number of halogens is 2. The van der Waals surface area contributed by atoms with Gasteiger partial charge in [-0.05, 0) is 15.9 Å². The monoisotopic (exact) mass is 202 g/mol. The number of hydrogen-bond acceptors (Lipinski definition) is 4. The molecule has 8 heavy (non-hydrogen) atoms. The topological polar surface area (TPSA) is 81.3 Å². The molecule has 0 spiro atoms. The lowest BCUT2D eigenvalue weighted by molar-refractivity contribution is 0.252. The fourth-order valence-corrected chi connectivity index (χ4v) is 0.105. The molecule has 0 saturated carbocycles. The van der Waals surface area contributed by atoms with Crippen LogP contribution in [0.15, 0.2) is 0 Å². The van der Waals surface area contributed by atoms with Crippen molar-refractivity contribution in [1.82, 2.24) is 5.12 Å². The Hall–Kier alpha value is 0.610. The summed E-state index contributed by atoms with van der Waals surface area (Å²) in [4.78, 5) is 0. The minimum absolute atomic E-state index is 0.140. The molecule has 0 amide bonds. The molecule has 0 aromatic heterocycles. The molecular weight excluding hydrogens is 195 g/mol. The van der Waals surface area contributed by atoms with Crippen LogP contribution in [-0.4, -0.2) is 15.6 Å². The van der Waals surface area contributed by atoms with Crippen LogP contribution in [0.2, 0.25) is 0 Å². The van der Waals surface area contributed by atoms with Crippen molar-refractivity contribution < 1.29 is 0 Å². The maximum atomic E-state index is 5.52. The highest BCUT2D eigenvalue weighted by molar-refractivity contribution is 9.10. The fraction of sp³-hybridized carbons (Fsp3) is 1.00. The summed E-state index contributed by atoms with van der Waals surface area (Å²) in [6, 6.07) is 0. The number of hydrogen-bond donors (Lipinski definition) is 3. The lowest BCUT2D eigenvalue weighted by atomic mass is 10.7. The molecule has 0 aliphatic rings. The molecule has 0 rings (SSSR count). The van der Waals surface area contributed by atoms with Crippen molar-refractivity contribution >= 4 is 27.5 Å². The van der Waals surface area contributed by atoms with Gasteiger partial charge in [-0.1, -0.05) is 11.6 Å². The van der Waals surface area contributed by atoms with Gasteiger partial charge in [0.25, 0.3) is 0 Å². The standard InChI is InChI=1S/C2H8BrClN4/c3-2(4,1-5)8(6)7/h1,5-7H2. The Bertz CT molecular complexity index is 74.4. The molecule has 4 nitrogen and oxygen atoms in total. The molecule has 0 aliphatic carbocycles. The molecule has 1 atom stereocenters. The third-order valence-corrected chi connectivity index (χ3v) is 1.71. The molecule has 0 aliphatic heterocycles. The Balaban J connectivity index is 3.71. The third kappa shape index (κ3) is 2.25. The van der Waals surface area contributed by atoms with Crippen LogP contribution < -0.4 is 17.4 Å². The summed E-state index contributed by atoms with van der Waals surface area (Å²) in [5, 5.41) is 0.800. The molecule has 0 aromatic carbocycles. The Morgan fingerprint density at radius 3 is 2.00 bits per heavy atom. The Labute approximate surface area is 61.0 Å². The maximum Gasteiger partial charge on any atom is 0.189 e. The van der Waals surface area contributed by atoms with E-state index in [1.165, 1.54) is 0 Å². The van der Waals surface area contributed by atoms with Crippen LogP contribution in [-0.2, 0) is 0 Å². The summed E-state index contributed by atoms with van der Waals surface area (Å²) in [5.74, 6) is 10.1. The van der Waals surface area contributed by atoms with Crippen LogP contribution in [0.3, 0.4) is 0 Å². The van der Waals surface area contributed by atoms with Gasteiger partial charge in [0.2, 0.25) is 0 Å². The number of alkyl halides is 2. The van der Waals surface area contributed by atoms with Gasteiger partial charge >= 0.3 is 0 Å². The van der Waals surface area contributed by atoms with Crippen molar-refractivity contribution in [2.24, 2.45) is 17.4 Å². The second-order valence-electron chi connectivity index (χ2n) is 1.28. The second-order valence-corrected chi connectivity index (χ2v) is 3.67. The van der Waals surface area contributed by atoms with Gasteiger partial charge in [-0.25, -0.2) is 0 Å². The van der Waals surface area contributed by atoms with E-state index >= 15 is 0 Å². The predicted molar refractivity (Wildman–Crippen MR) is 36.8 cm³/mol. The maximum absolute atomic E-state index is 5.52. The highest BCUT2D eigenvalue weighted by Gasteiger charge is 2.24. The summed E-state index contributed by atoms with van der Waals surface area (Å²) in [5.41, 5.74) is 5.13.